The topological polar surface area (TPSA) is 98.4 Å². The zero-order valence-corrected chi connectivity index (χ0v) is 23.0. The van der Waals surface area contributed by atoms with Crippen LogP contribution in [-0.2, 0) is 21.6 Å². The van der Waals surface area contributed by atoms with Crippen LogP contribution in [0.4, 0.5) is 0 Å². The van der Waals surface area contributed by atoms with E-state index in [1.54, 1.807) is 31.3 Å². The number of hydroxylamine groups is 1. The van der Waals surface area contributed by atoms with Crippen LogP contribution >= 0.6 is 0 Å². The van der Waals surface area contributed by atoms with E-state index in [1.807, 2.05) is 54.6 Å². The van der Waals surface area contributed by atoms with Crippen LogP contribution in [0.2, 0.25) is 0 Å². The highest BCUT2D eigenvalue weighted by atomic mass is 16.6. The molecule has 0 bridgehead atoms. The maximum Gasteiger partial charge on any atom is 0.237 e. The summed E-state index contributed by atoms with van der Waals surface area (Å²) in [6.07, 6.45) is 5.43. The van der Waals surface area contributed by atoms with E-state index in [4.69, 9.17) is 20.4 Å². The van der Waals surface area contributed by atoms with E-state index in [0.717, 1.165) is 27.8 Å². The largest absolute Gasteiger partial charge is 0.473 e. The van der Waals surface area contributed by atoms with E-state index < -0.39 is 0 Å². The van der Waals surface area contributed by atoms with E-state index in [9.17, 15) is 5.11 Å². The molecular formula is C33H37N3O3. The molecule has 0 unspecified atom stereocenters. The van der Waals surface area contributed by atoms with Gasteiger partial charge in [0.1, 0.15) is 6.61 Å². The average Bonchev–Trinajstić information content (AvgIpc) is 2.94. The van der Waals surface area contributed by atoms with E-state index >= 15 is 0 Å². The summed E-state index contributed by atoms with van der Waals surface area (Å²) in [7, 11) is 1.60. The number of hydrogen-bond acceptors (Lipinski definition) is 6. The number of nitrogens with one attached hydrogen (secondary N) is 3. The van der Waals surface area contributed by atoms with Gasteiger partial charge in [0.15, 0.2) is 0 Å². The molecule has 0 radical (unpaired) electrons. The van der Waals surface area contributed by atoms with Gasteiger partial charge in [0.05, 0.1) is 6.61 Å². The minimum Gasteiger partial charge on any atom is -0.473 e. The quantitative estimate of drug-likeness (QED) is 0.104. The van der Waals surface area contributed by atoms with E-state index in [1.165, 1.54) is 5.56 Å². The predicted molar refractivity (Wildman–Crippen MR) is 160 cm³/mol. The molecule has 3 aromatic rings. The van der Waals surface area contributed by atoms with Crippen LogP contribution in [0.1, 0.15) is 54.2 Å². The maximum absolute atomic E-state index is 9.61. The number of aliphatic hydroxyl groups is 1. The lowest BCUT2D eigenvalue weighted by atomic mass is 9.87. The molecule has 0 aliphatic rings. The summed E-state index contributed by atoms with van der Waals surface area (Å²) in [4.78, 5) is 5.02. The first-order chi connectivity index (χ1) is 18.7. The summed E-state index contributed by atoms with van der Waals surface area (Å²) >= 11 is 0. The van der Waals surface area contributed by atoms with Gasteiger partial charge in [-0.25, -0.2) is 0 Å². The second-order valence-electron chi connectivity index (χ2n) is 10.0. The molecule has 3 aromatic carbocycles. The van der Waals surface area contributed by atoms with Gasteiger partial charge in [-0.15, -0.1) is 0 Å². The van der Waals surface area contributed by atoms with Crippen molar-refractivity contribution in [2.75, 3.05) is 13.7 Å². The number of aliphatic hydroxyl groups excluding tert-OH is 1. The Kier molecular flexibility index (Phi) is 10.1. The molecule has 0 saturated heterocycles. The fraction of sp³-hybridized carbons (Fsp3) is 0.212. The summed E-state index contributed by atoms with van der Waals surface area (Å²) in [5, 5.41) is 25.9. The lowest BCUT2D eigenvalue weighted by molar-refractivity contribution is 0.208. The Morgan fingerprint density at radius 3 is 1.82 bits per heavy atom. The molecule has 0 aromatic heterocycles. The molecule has 0 spiro atoms. The third kappa shape index (κ3) is 8.11. The number of ether oxygens (including phenoxy) is 1. The summed E-state index contributed by atoms with van der Waals surface area (Å²) in [5.41, 5.74) is 9.67. The van der Waals surface area contributed by atoms with Gasteiger partial charge in [0, 0.05) is 18.2 Å². The molecule has 0 saturated carbocycles. The van der Waals surface area contributed by atoms with Crippen molar-refractivity contribution in [3.8, 4) is 0 Å². The molecule has 202 valence electrons. The summed E-state index contributed by atoms with van der Waals surface area (Å²) < 4.78 is 5.75. The Morgan fingerprint density at radius 1 is 0.821 bits per heavy atom. The highest BCUT2D eigenvalue weighted by molar-refractivity contribution is 5.94. The zero-order valence-electron chi connectivity index (χ0n) is 23.0. The second-order valence-corrected chi connectivity index (χ2v) is 10.0. The van der Waals surface area contributed by atoms with E-state index in [-0.39, 0.29) is 23.8 Å². The standard InChI is InChI=1S/C33H37N3O3/c1-6-24(21-29(19-20-37)26-11-15-28(16-12-26)32(35)39-36-5)25-9-13-27(14-10-25)31(34)38-22-23-7-17-30(18-8-23)33(2,3)4/h6-19,21,34-37H,1,20,22H2,2-5H3/b24-21+,29-19+,34-31?,35-32?. The van der Waals surface area contributed by atoms with Crippen molar-refractivity contribution in [3.63, 3.8) is 0 Å². The van der Waals surface area contributed by atoms with Crippen molar-refractivity contribution in [3.05, 3.63) is 131 Å². The molecule has 0 aliphatic heterocycles. The molecule has 0 aliphatic carbocycles. The van der Waals surface area contributed by atoms with Gasteiger partial charge in [0.25, 0.3) is 0 Å². The molecule has 4 N–H and O–H groups in total. The SMILES string of the molecule is C=C/C(=C\C(=C/CO)c1ccc(C(=N)ONC)cc1)c1ccc(C(=N)OCc2ccc(C(C)(C)C)cc2)cc1. The Hall–Kier alpha value is -4.26. The maximum atomic E-state index is 9.61. The van der Waals surface area contributed by atoms with Crippen LogP contribution in [0.3, 0.4) is 0 Å². The monoisotopic (exact) mass is 523 g/mol. The van der Waals surface area contributed by atoms with Crippen LogP contribution in [0.5, 0.6) is 0 Å². The first kappa shape index (κ1) is 29.3. The minimum absolute atomic E-state index is 0.0205. The Balaban J connectivity index is 1.72. The third-order valence-corrected chi connectivity index (χ3v) is 6.21. The van der Waals surface area contributed by atoms with E-state index in [2.05, 4.69) is 45.0 Å². The molecule has 6 heteroatoms. The highest BCUT2D eigenvalue weighted by Crippen LogP contribution is 2.25. The predicted octanol–water partition coefficient (Wildman–Crippen LogP) is 6.65. The molecule has 0 amide bonds. The summed E-state index contributed by atoms with van der Waals surface area (Å²) in [5.74, 6) is 0.131. The van der Waals surface area contributed by atoms with Gasteiger partial charge >= 0.3 is 0 Å². The van der Waals surface area contributed by atoms with Gasteiger partial charge in [0.2, 0.25) is 11.8 Å². The van der Waals surface area contributed by atoms with Crippen LogP contribution < -0.4 is 5.48 Å². The highest BCUT2D eigenvalue weighted by Gasteiger charge is 2.13. The Morgan fingerprint density at radius 2 is 1.33 bits per heavy atom. The van der Waals surface area contributed by atoms with Gasteiger partial charge < -0.3 is 14.7 Å². The summed E-state index contributed by atoms with van der Waals surface area (Å²) in [6, 6.07) is 23.2. The molecule has 39 heavy (non-hydrogen) atoms. The third-order valence-electron chi connectivity index (χ3n) is 6.21. The fourth-order valence-electron chi connectivity index (χ4n) is 3.91. The molecule has 3 rings (SSSR count). The van der Waals surface area contributed by atoms with Crippen molar-refractivity contribution in [1.29, 1.82) is 10.8 Å². The van der Waals surface area contributed by atoms with Crippen molar-refractivity contribution < 1.29 is 14.7 Å². The number of allylic oxidation sites excluding steroid dienone is 4. The Bertz CT molecular complexity index is 1350. The average molecular weight is 524 g/mol. The van der Waals surface area contributed by atoms with Crippen molar-refractivity contribution >= 4 is 22.9 Å². The normalized spacial score (nSPS) is 12.1. The fourth-order valence-corrected chi connectivity index (χ4v) is 3.91. The molecule has 6 nitrogen and oxygen atoms in total. The Labute approximate surface area is 231 Å². The first-order valence-electron chi connectivity index (χ1n) is 12.8. The number of benzene rings is 3. The number of hydrogen-bond donors (Lipinski definition) is 4. The summed E-state index contributed by atoms with van der Waals surface area (Å²) in [6.45, 7) is 10.7. The van der Waals surface area contributed by atoms with Gasteiger partial charge in [-0.1, -0.05) is 88.0 Å². The van der Waals surface area contributed by atoms with Crippen LogP contribution in [-0.4, -0.2) is 30.6 Å². The van der Waals surface area contributed by atoms with Gasteiger partial charge in [-0.05, 0) is 69.2 Å². The van der Waals surface area contributed by atoms with Crippen LogP contribution in [0.15, 0.2) is 97.6 Å². The zero-order chi connectivity index (χ0) is 28.4. The van der Waals surface area contributed by atoms with Gasteiger partial charge in [-0.2, -0.15) is 5.48 Å². The molecule has 0 atom stereocenters. The van der Waals surface area contributed by atoms with Gasteiger partial charge in [-0.3, -0.25) is 10.8 Å². The van der Waals surface area contributed by atoms with Crippen molar-refractivity contribution in [1.82, 2.24) is 5.48 Å². The first-order valence-corrected chi connectivity index (χ1v) is 12.8. The van der Waals surface area contributed by atoms with Crippen molar-refractivity contribution in [2.24, 2.45) is 0 Å². The second kappa shape index (κ2) is 13.5. The molecular weight excluding hydrogens is 486 g/mol. The lowest BCUT2D eigenvalue weighted by Crippen LogP contribution is -2.15. The lowest BCUT2D eigenvalue weighted by Gasteiger charge is -2.19. The van der Waals surface area contributed by atoms with Crippen LogP contribution in [0.25, 0.3) is 11.1 Å². The molecule has 0 heterocycles. The van der Waals surface area contributed by atoms with Crippen molar-refractivity contribution in [2.45, 2.75) is 32.8 Å². The van der Waals surface area contributed by atoms with Crippen LogP contribution in [0, 0.1) is 10.8 Å². The number of rotatable bonds is 10. The minimum atomic E-state index is -0.122. The van der Waals surface area contributed by atoms with E-state index in [0.29, 0.717) is 17.7 Å². The molecule has 0 fully saturated rings. The smallest absolute Gasteiger partial charge is 0.237 e.